The van der Waals surface area contributed by atoms with Crippen LogP contribution in [-0.4, -0.2) is 76.8 Å². The van der Waals surface area contributed by atoms with Gasteiger partial charge < -0.3 is 4.90 Å². The molecule has 2 fully saturated rings. The van der Waals surface area contributed by atoms with Gasteiger partial charge >= 0.3 is 0 Å². The molecule has 0 spiro atoms. The van der Waals surface area contributed by atoms with Gasteiger partial charge in [0.05, 0.1) is 11.4 Å². The Kier molecular flexibility index (Phi) is 4.62. The highest BCUT2D eigenvalue weighted by atomic mass is 15.3. The highest BCUT2D eigenvalue weighted by Crippen LogP contribution is 2.17. The molecule has 2 aliphatic rings. The maximum absolute atomic E-state index is 4.45. The third-order valence-electron chi connectivity index (χ3n) is 5.01. The summed E-state index contributed by atoms with van der Waals surface area (Å²) in [5.74, 6) is 0. The van der Waals surface area contributed by atoms with E-state index >= 15 is 0 Å². The first-order chi connectivity index (χ1) is 10.1. The highest BCUT2D eigenvalue weighted by Gasteiger charge is 2.27. The first kappa shape index (κ1) is 15.0. The van der Waals surface area contributed by atoms with Crippen LogP contribution in [0.3, 0.4) is 0 Å². The second kappa shape index (κ2) is 6.46. The van der Waals surface area contributed by atoms with Crippen molar-refractivity contribution in [3.05, 3.63) is 17.5 Å². The quantitative estimate of drug-likeness (QED) is 0.828. The molecule has 0 aromatic carbocycles. The van der Waals surface area contributed by atoms with Crippen LogP contribution in [0.15, 0.2) is 6.07 Å². The molecule has 0 aliphatic carbocycles. The monoisotopic (exact) mass is 291 g/mol. The minimum absolute atomic E-state index is 0.782. The van der Waals surface area contributed by atoms with Crippen molar-refractivity contribution in [2.75, 3.05) is 46.3 Å². The lowest BCUT2D eigenvalue weighted by molar-refractivity contribution is 0.0560. The Balaban J connectivity index is 1.49. The molecule has 5 nitrogen and oxygen atoms in total. The number of nitrogens with zero attached hydrogens (tertiary/aromatic N) is 5. The van der Waals surface area contributed by atoms with E-state index < -0.39 is 0 Å². The largest absolute Gasteiger partial charge is 0.305 e. The van der Waals surface area contributed by atoms with Crippen molar-refractivity contribution in [2.24, 2.45) is 7.05 Å². The molecule has 118 valence electrons. The Hall–Kier alpha value is -0.910. The van der Waals surface area contributed by atoms with E-state index in [4.69, 9.17) is 0 Å². The van der Waals surface area contributed by atoms with Crippen LogP contribution >= 0.6 is 0 Å². The van der Waals surface area contributed by atoms with E-state index in [1.165, 1.54) is 57.8 Å². The lowest BCUT2D eigenvalue weighted by Crippen LogP contribution is -2.54. The molecule has 1 aromatic heterocycles. The SMILES string of the molecule is Cc1cc(CN2CCN(C3CCCN(C)C3)CC2)n(C)n1. The van der Waals surface area contributed by atoms with Gasteiger partial charge in [-0.3, -0.25) is 14.5 Å². The van der Waals surface area contributed by atoms with Crippen LogP contribution in [0.4, 0.5) is 0 Å². The van der Waals surface area contributed by atoms with Crippen molar-refractivity contribution in [2.45, 2.75) is 32.4 Å². The first-order valence-corrected chi connectivity index (χ1v) is 8.26. The fourth-order valence-corrected chi connectivity index (χ4v) is 3.77. The highest BCUT2D eigenvalue weighted by molar-refractivity contribution is 5.08. The van der Waals surface area contributed by atoms with Gasteiger partial charge in [0.15, 0.2) is 0 Å². The van der Waals surface area contributed by atoms with Gasteiger partial charge in [0.25, 0.3) is 0 Å². The second-order valence-corrected chi connectivity index (χ2v) is 6.77. The zero-order valence-electron chi connectivity index (χ0n) is 13.8. The molecule has 21 heavy (non-hydrogen) atoms. The summed E-state index contributed by atoms with van der Waals surface area (Å²) in [5, 5.41) is 4.45. The van der Waals surface area contributed by atoms with Crippen molar-refractivity contribution in [1.29, 1.82) is 0 Å². The van der Waals surface area contributed by atoms with Crippen molar-refractivity contribution < 1.29 is 0 Å². The fraction of sp³-hybridized carbons (Fsp3) is 0.812. The van der Waals surface area contributed by atoms with Crippen LogP contribution in [0.25, 0.3) is 0 Å². The normalized spacial score (nSPS) is 26.3. The molecule has 1 atom stereocenters. The Morgan fingerprint density at radius 1 is 1.14 bits per heavy atom. The van der Waals surface area contributed by atoms with E-state index in [9.17, 15) is 0 Å². The predicted octanol–water partition coefficient (Wildman–Crippen LogP) is 0.940. The standard InChI is InChI=1S/C16H29N5/c1-14-11-16(19(3)17-14)13-20-7-9-21(10-8-20)15-5-4-6-18(2)12-15/h11,15H,4-10,12-13H2,1-3H3. The molecule has 0 amide bonds. The molecule has 1 unspecified atom stereocenters. The smallest absolute Gasteiger partial charge is 0.0597 e. The molecule has 5 heteroatoms. The van der Waals surface area contributed by atoms with E-state index in [2.05, 4.69) is 46.9 Å². The molecule has 3 rings (SSSR count). The molecule has 2 aliphatic heterocycles. The molecule has 0 saturated carbocycles. The number of rotatable bonds is 3. The molecule has 0 radical (unpaired) electrons. The van der Waals surface area contributed by atoms with Crippen LogP contribution in [0.5, 0.6) is 0 Å². The van der Waals surface area contributed by atoms with Crippen molar-refractivity contribution in [3.8, 4) is 0 Å². The van der Waals surface area contributed by atoms with E-state index in [-0.39, 0.29) is 0 Å². The van der Waals surface area contributed by atoms with E-state index in [0.717, 1.165) is 18.3 Å². The Labute approximate surface area is 128 Å². The number of aryl methyl sites for hydroxylation is 2. The third kappa shape index (κ3) is 3.65. The molecule has 1 aromatic rings. The minimum Gasteiger partial charge on any atom is -0.305 e. The van der Waals surface area contributed by atoms with Gasteiger partial charge in [-0.15, -0.1) is 0 Å². The van der Waals surface area contributed by atoms with E-state index in [1.807, 2.05) is 4.68 Å². The number of aromatic nitrogens is 2. The number of likely N-dealkylation sites (N-methyl/N-ethyl adjacent to an activating group) is 1. The summed E-state index contributed by atoms with van der Waals surface area (Å²) in [6.07, 6.45) is 2.74. The Morgan fingerprint density at radius 3 is 2.52 bits per heavy atom. The van der Waals surface area contributed by atoms with Gasteiger partial charge in [-0.25, -0.2) is 0 Å². The average Bonchev–Trinajstić information content (AvgIpc) is 2.78. The third-order valence-corrected chi connectivity index (χ3v) is 5.01. The number of piperidine rings is 1. The van der Waals surface area contributed by atoms with Crippen LogP contribution in [0.2, 0.25) is 0 Å². The Morgan fingerprint density at radius 2 is 1.90 bits per heavy atom. The molecule has 0 bridgehead atoms. The minimum atomic E-state index is 0.782. The topological polar surface area (TPSA) is 27.5 Å². The predicted molar refractivity (Wildman–Crippen MR) is 85.3 cm³/mol. The van der Waals surface area contributed by atoms with Gasteiger partial charge in [0, 0.05) is 52.4 Å². The summed E-state index contributed by atoms with van der Waals surface area (Å²) in [5.41, 5.74) is 2.45. The van der Waals surface area contributed by atoms with E-state index in [1.54, 1.807) is 0 Å². The maximum Gasteiger partial charge on any atom is 0.0597 e. The second-order valence-electron chi connectivity index (χ2n) is 6.77. The summed E-state index contributed by atoms with van der Waals surface area (Å²) >= 11 is 0. The molecular weight excluding hydrogens is 262 g/mol. The van der Waals surface area contributed by atoms with Crippen molar-refractivity contribution in [3.63, 3.8) is 0 Å². The summed E-state index contributed by atoms with van der Waals surface area (Å²) in [6.45, 7) is 10.4. The lowest BCUT2D eigenvalue weighted by Gasteiger charge is -2.42. The number of hydrogen-bond acceptors (Lipinski definition) is 4. The van der Waals surface area contributed by atoms with Crippen LogP contribution in [0, 0.1) is 6.92 Å². The summed E-state index contributed by atoms with van der Waals surface area (Å²) in [4.78, 5) is 7.76. The summed E-state index contributed by atoms with van der Waals surface area (Å²) in [6, 6.07) is 2.99. The lowest BCUT2D eigenvalue weighted by atomic mass is 10.0. The fourth-order valence-electron chi connectivity index (χ4n) is 3.77. The number of hydrogen-bond donors (Lipinski definition) is 0. The average molecular weight is 291 g/mol. The van der Waals surface area contributed by atoms with Gasteiger partial charge in [-0.1, -0.05) is 0 Å². The maximum atomic E-state index is 4.45. The van der Waals surface area contributed by atoms with Crippen LogP contribution in [0.1, 0.15) is 24.2 Å². The van der Waals surface area contributed by atoms with Gasteiger partial charge in [-0.05, 0) is 39.4 Å². The first-order valence-electron chi connectivity index (χ1n) is 8.26. The van der Waals surface area contributed by atoms with Crippen LogP contribution in [-0.2, 0) is 13.6 Å². The number of likely N-dealkylation sites (tertiary alicyclic amines) is 1. The zero-order chi connectivity index (χ0) is 14.8. The summed E-state index contributed by atoms with van der Waals surface area (Å²) in [7, 11) is 4.31. The van der Waals surface area contributed by atoms with E-state index in [0.29, 0.717) is 0 Å². The molecule has 3 heterocycles. The Bertz CT molecular complexity index is 461. The van der Waals surface area contributed by atoms with Gasteiger partial charge in [-0.2, -0.15) is 5.10 Å². The number of piperazine rings is 1. The van der Waals surface area contributed by atoms with Gasteiger partial charge in [0.1, 0.15) is 0 Å². The molecular formula is C16H29N5. The van der Waals surface area contributed by atoms with Gasteiger partial charge in [0.2, 0.25) is 0 Å². The molecule has 2 saturated heterocycles. The van der Waals surface area contributed by atoms with Crippen LogP contribution < -0.4 is 0 Å². The zero-order valence-corrected chi connectivity index (χ0v) is 13.8. The van der Waals surface area contributed by atoms with Crippen molar-refractivity contribution in [1.82, 2.24) is 24.5 Å². The summed E-state index contributed by atoms with van der Waals surface area (Å²) < 4.78 is 2.03. The van der Waals surface area contributed by atoms with Crippen molar-refractivity contribution >= 4 is 0 Å². The molecule has 0 N–H and O–H groups in total.